The van der Waals surface area contributed by atoms with E-state index in [2.05, 4.69) is 17.4 Å². The number of nitrogens with one attached hydrogen (secondary N) is 1. The van der Waals surface area contributed by atoms with Gasteiger partial charge in [0.2, 0.25) is 11.8 Å². The molecule has 2 rings (SSSR count). The van der Waals surface area contributed by atoms with E-state index in [-0.39, 0.29) is 17.9 Å². The van der Waals surface area contributed by atoms with Gasteiger partial charge in [0.05, 0.1) is 0 Å². The van der Waals surface area contributed by atoms with Crippen LogP contribution in [0.1, 0.15) is 25.3 Å². The summed E-state index contributed by atoms with van der Waals surface area (Å²) in [6.45, 7) is 3.88. The first-order valence-electron chi connectivity index (χ1n) is 7.85. The first-order chi connectivity index (χ1) is 10.7. The van der Waals surface area contributed by atoms with Crippen molar-refractivity contribution in [2.75, 3.05) is 26.2 Å². The molecule has 1 aliphatic heterocycles. The maximum atomic E-state index is 11.8. The van der Waals surface area contributed by atoms with E-state index in [0.717, 1.165) is 19.3 Å². The highest BCUT2D eigenvalue weighted by molar-refractivity contribution is 5.81. The molecular weight excluding hydrogens is 280 g/mol. The van der Waals surface area contributed by atoms with E-state index in [1.165, 1.54) is 5.56 Å². The fourth-order valence-electron chi connectivity index (χ4n) is 2.55. The number of benzene rings is 1. The van der Waals surface area contributed by atoms with Crippen LogP contribution in [0.5, 0.6) is 0 Å². The van der Waals surface area contributed by atoms with Crippen LogP contribution in [-0.2, 0) is 20.7 Å². The van der Waals surface area contributed by atoms with Gasteiger partial charge < -0.3 is 15.0 Å². The molecule has 1 aromatic carbocycles. The molecule has 5 heteroatoms. The Labute approximate surface area is 131 Å². The quantitative estimate of drug-likeness (QED) is 0.828. The summed E-state index contributed by atoms with van der Waals surface area (Å²) in [7, 11) is 0. The van der Waals surface area contributed by atoms with E-state index in [9.17, 15) is 9.59 Å². The maximum absolute atomic E-state index is 11.8. The summed E-state index contributed by atoms with van der Waals surface area (Å²) in [4.78, 5) is 25.3. The minimum absolute atomic E-state index is 0.0299. The standard InChI is InChI=1S/C17H24N2O3/c1-14(20)19(11-9-15-6-3-2-4-7-15)12-10-18-17(21)16-8-5-13-22-16/h2-4,6-7,16H,5,8-13H2,1H3,(H,18,21). The maximum Gasteiger partial charge on any atom is 0.249 e. The summed E-state index contributed by atoms with van der Waals surface area (Å²) in [6.07, 6.45) is 2.24. The number of amides is 2. The van der Waals surface area contributed by atoms with Crippen LogP contribution < -0.4 is 5.32 Å². The molecule has 1 saturated heterocycles. The molecule has 0 spiro atoms. The predicted molar refractivity (Wildman–Crippen MR) is 84.4 cm³/mol. The Kier molecular flexibility index (Phi) is 6.40. The molecule has 22 heavy (non-hydrogen) atoms. The van der Waals surface area contributed by atoms with E-state index < -0.39 is 0 Å². The number of hydrogen-bond acceptors (Lipinski definition) is 3. The van der Waals surface area contributed by atoms with E-state index in [1.54, 1.807) is 11.8 Å². The molecule has 5 nitrogen and oxygen atoms in total. The third kappa shape index (κ3) is 5.15. The van der Waals surface area contributed by atoms with Crippen molar-refractivity contribution < 1.29 is 14.3 Å². The minimum Gasteiger partial charge on any atom is -0.368 e. The molecule has 0 radical (unpaired) electrons. The summed E-state index contributed by atoms with van der Waals surface area (Å²) >= 11 is 0. The summed E-state index contributed by atoms with van der Waals surface area (Å²) < 4.78 is 5.33. The van der Waals surface area contributed by atoms with Gasteiger partial charge >= 0.3 is 0 Å². The fraction of sp³-hybridized carbons (Fsp3) is 0.529. The van der Waals surface area contributed by atoms with Crippen LogP contribution in [0.4, 0.5) is 0 Å². The summed E-state index contributed by atoms with van der Waals surface area (Å²) in [5.74, 6) is -0.0358. The van der Waals surface area contributed by atoms with Crippen LogP contribution in [0.3, 0.4) is 0 Å². The zero-order valence-electron chi connectivity index (χ0n) is 13.1. The molecule has 1 atom stereocenters. The molecule has 1 aliphatic rings. The third-order valence-electron chi connectivity index (χ3n) is 3.86. The summed E-state index contributed by atoms with van der Waals surface area (Å²) in [5.41, 5.74) is 1.21. The van der Waals surface area contributed by atoms with Gasteiger partial charge in [-0.25, -0.2) is 0 Å². The van der Waals surface area contributed by atoms with Crippen molar-refractivity contribution in [3.8, 4) is 0 Å². The van der Waals surface area contributed by atoms with Crippen molar-refractivity contribution >= 4 is 11.8 Å². The molecule has 0 aliphatic carbocycles. The van der Waals surface area contributed by atoms with Crippen molar-refractivity contribution in [1.82, 2.24) is 10.2 Å². The van der Waals surface area contributed by atoms with Crippen molar-refractivity contribution in [3.05, 3.63) is 35.9 Å². The highest BCUT2D eigenvalue weighted by atomic mass is 16.5. The molecule has 1 fully saturated rings. The van der Waals surface area contributed by atoms with Crippen LogP contribution in [0.25, 0.3) is 0 Å². The Morgan fingerprint density at radius 1 is 1.27 bits per heavy atom. The molecule has 1 heterocycles. The molecule has 0 aromatic heterocycles. The topological polar surface area (TPSA) is 58.6 Å². The Morgan fingerprint density at radius 2 is 2.05 bits per heavy atom. The van der Waals surface area contributed by atoms with Crippen molar-refractivity contribution in [2.45, 2.75) is 32.3 Å². The van der Waals surface area contributed by atoms with Crippen molar-refractivity contribution in [2.24, 2.45) is 0 Å². The Bertz CT molecular complexity index is 484. The molecule has 1 unspecified atom stereocenters. The second-order valence-electron chi connectivity index (χ2n) is 5.53. The monoisotopic (exact) mass is 304 g/mol. The largest absolute Gasteiger partial charge is 0.368 e. The second kappa shape index (κ2) is 8.54. The SMILES string of the molecule is CC(=O)N(CCNC(=O)C1CCCO1)CCc1ccccc1. The molecular formula is C17H24N2O3. The second-order valence-corrected chi connectivity index (χ2v) is 5.53. The van der Waals surface area contributed by atoms with Crippen LogP contribution >= 0.6 is 0 Å². The van der Waals surface area contributed by atoms with E-state index >= 15 is 0 Å². The third-order valence-corrected chi connectivity index (χ3v) is 3.86. The lowest BCUT2D eigenvalue weighted by Crippen LogP contribution is -2.41. The molecule has 1 aromatic rings. The van der Waals surface area contributed by atoms with Crippen LogP contribution in [0.15, 0.2) is 30.3 Å². The molecule has 120 valence electrons. The predicted octanol–water partition coefficient (Wildman–Crippen LogP) is 1.37. The number of carbonyl (C=O) groups excluding carboxylic acids is 2. The zero-order chi connectivity index (χ0) is 15.8. The highest BCUT2D eigenvalue weighted by Gasteiger charge is 2.23. The number of carbonyl (C=O) groups is 2. The van der Waals surface area contributed by atoms with Gasteiger partial charge in [0.25, 0.3) is 0 Å². The average Bonchev–Trinajstić information content (AvgIpc) is 3.05. The van der Waals surface area contributed by atoms with Crippen molar-refractivity contribution in [3.63, 3.8) is 0 Å². The Hall–Kier alpha value is -1.88. The first-order valence-corrected chi connectivity index (χ1v) is 7.85. The fourth-order valence-corrected chi connectivity index (χ4v) is 2.55. The number of rotatable bonds is 7. The number of ether oxygens (including phenoxy) is 1. The van der Waals surface area contributed by atoms with E-state index in [4.69, 9.17) is 4.74 Å². The highest BCUT2D eigenvalue weighted by Crippen LogP contribution is 2.11. The molecule has 1 N–H and O–H groups in total. The number of nitrogens with zero attached hydrogens (tertiary/aromatic N) is 1. The normalized spacial score (nSPS) is 17.2. The lowest BCUT2D eigenvalue weighted by atomic mass is 10.1. The van der Waals surface area contributed by atoms with Gasteiger partial charge in [0.1, 0.15) is 6.10 Å². The van der Waals surface area contributed by atoms with E-state index in [1.807, 2.05) is 18.2 Å². The molecule has 0 saturated carbocycles. The molecule has 0 bridgehead atoms. The van der Waals surface area contributed by atoms with Gasteiger partial charge in [-0.3, -0.25) is 9.59 Å². The van der Waals surface area contributed by atoms with Gasteiger partial charge in [0.15, 0.2) is 0 Å². The average molecular weight is 304 g/mol. The summed E-state index contributed by atoms with van der Waals surface area (Å²) in [5, 5.41) is 2.85. The van der Waals surface area contributed by atoms with Gasteiger partial charge in [-0.2, -0.15) is 0 Å². The smallest absolute Gasteiger partial charge is 0.249 e. The summed E-state index contributed by atoms with van der Waals surface area (Å²) in [6, 6.07) is 10.1. The van der Waals surface area contributed by atoms with Crippen LogP contribution in [0, 0.1) is 0 Å². The van der Waals surface area contributed by atoms with Crippen molar-refractivity contribution in [1.29, 1.82) is 0 Å². The van der Waals surface area contributed by atoms with E-state index in [0.29, 0.717) is 26.2 Å². The first kappa shape index (κ1) is 16.5. The van der Waals surface area contributed by atoms with Gasteiger partial charge in [0, 0.05) is 33.2 Å². The van der Waals surface area contributed by atoms with Crippen LogP contribution in [0.2, 0.25) is 0 Å². The lowest BCUT2D eigenvalue weighted by molar-refractivity contribution is -0.132. The van der Waals surface area contributed by atoms with Gasteiger partial charge in [-0.05, 0) is 24.8 Å². The van der Waals surface area contributed by atoms with Gasteiger partial charge in [-0.1, -0.05) is 30.3 Å². The number of hydrogen-bond donors (Lipinski definition) is 1. The Morgan fingerprint density at radius 3 is 2.68 bits per heavy atom. The van der Waals surface area contributed by atoms with Crippen LogP contribution in [-0.4, -0.2) is 49.1 Å². The lowest BCUT2D eigenvalue weighted by Gasteiger charge is -2.21. The minimum atomic E-state index is -0.310. The van der Waals surface area contributed by atoms with Gasteiger partial charge in [-0.15, -0.1) is 0 Å². The molecule has 2 amide bonds. The Balaban J connectivity index is 1.72. The zero-order valence-corrected chi connectivity index (χ0v) is 13.1.